The van der Waals surface area contributed by atoms with E-state index in [9.17, 15) is 4.79 Å². The first-order valence-electron chi connectivity index (χ1n) is 6.32. The van der Waals surface area contributed by atoms with Crippen LogP contribution in [0.25, 0.3) is 0 Å². The van der Waals surface area contributed by atoms with Crippen molar-refractivity contribution >= 4 is 17.3 Å². The molecule has 0 aromatic heterocycles. The van der Waals surface area contributed by atoms with E-state index in [2.05, 4.69) is 5.32 Å². The molecule has 1 aromatic carbocycles. The molecule has 0 aliphatic carbocycles. The number of rotatable bonds is 7. The first-order chi connectivity index (χ1) is 9.06. The Balaban J connectivity index is 2.47. The van der Waals surface area contributed by atoms with E-state index in [0.29, 0.717) is 18.9 Å². The van der Waals surface area contributed by atoms with Gasteiger partial charge in [0.1, 0.15) is 6.10 Å². The summed E-state index contributed by atoms with van der Waals surface area (Å²) >= 11 is 0. The van der Waals surface area contributed by atoms with Gasteiger partial charge in [-0.15, -0.1) is 0 Å². The second-order valence-electron chi connectivity index (χ2n) is 4.37. The van der Waals surface area contributed by atoms with Crippen molar-refractivity contribution in [1.29, 1.82) is 0 Å². The second kappa shape index (κ2) is 7.76. The molecule has 0 aliphatic heterocycles. The van der Waals surface area contributed by atoms with E-state index >= 15 is 0 Å². The van der Waals surface area contributed by atoms with Crippen LogP contribution < -0.4 is 11.1 Å². The number of ether oxygens (including phenoxy) is 2. The average Bonchev–Trinajstić information content (AvgIpc) is 2.39. The number of amides is 1. The molecule has 106 valence electrons. The van der Waals surface area contributed by atoms with Crippen molar-refractivity contribution in [2.24, 2.45) is 0 Å². The van der Waals surface area contributed by atoms with Gasteiger partial charge in [0, 0.05) is 31.7 Å². The fourth-order valence-electron chi connectivity index (χ4n) is 1.56. The molecule has 1 unspecified atom stereocenters. The number of carbonyl (C=O) groups excluding carboxylic acids is 1. The topological polar surface area (TPSA) is 73.6 Å². The lowest BCUT2D eigenvalue weighted by molar-refractivity contribution is -0.126. The summed E-state index contributed by atoms with van der Waals surface area (Å²) in [7, 11) is 1.64. The smallest absolute Gasteiger partial charge is 0.253 e. The molecule has 1 atom stereocenters. The van der Waals surface area contributed by atoms with Crippen LogP contribution in [-0.2, 0) is 14.3 Å². The van der Waals surface area contributed by atoms with Gasteiger partial charge < -0.3 is 20.5 Å². The minimum atomic E-state index is -0.502. The molecule has 1 rings (SSSR count). The summed E-state index contributed by atoms with van der Waals surface area (Å²) in [5.41, 5.74) is 8.03. The molecule has 5 heteroatoms. The van der Waals surface area contributed by atoms with Crippen molar-refractivity contribution in [2.75, 3.05) is 31.4 Å². The molecule has 19 heavy (non-hydrogen) atoms. The van der Waals surface area contributed by atoms with E-state index in [-0.39, 0.29) is 5.91 Å². The molecule has 0 spiro atoms. The van der Waals surface area contributed by atoms with Crippen molar-refractivity contribution < 1.29 is 14.3 Å². The molecule has 0 saturated carbocycles. The van der Waals surface area contributed by atoms with E-state index < -0.39 is 6.10 Å². The molecule has 1 aromatic rings. The van der Waals surface area contributed by atoms with Gasteiger partial charge in [0.05, 0.1) is 0 Å². The number of nitrogen functional groups attached to an aromatic ring is 1. The lowest BCUT2D eigenvalue weighted by Gasteiger charge is -2.15. The number of methoxy groups -OCH3 is 1. The zero-order valence-corrected chi connectivity index (χ0v) is 11.7. The van der Waals surface area contributed by atoms with E-state index in [1.54, 1.807) is 20.1 Å². The Bertz CT molecular complexity index is 421. The lowest BCUT2D eigenvalue weighted by atomic mass is 10.1. The Hall–Kier alpha value is -1.59. The molecule has 3 N–H and O–H groups in total. The third-order valence-corrected chi connectivity index (χ3v) is 2.86. The molecule has 5 nitrogen and oxygen atoms in total. The average molecular weight is 266 g/mol. The first kappa shape index (κ1) is 15.5. The molecule has 0 fully saturated rings. The van der Waals surface area contributed by atoms with Gasteiger partial charge in [0.2, 0.25) is 0 Å². The van der Waals surface area contributed by atoms with Gasteiger partial charge in [-0.05, 0) is 38.0 Å². The maximum Gasteiger partial charge on any atom is 0.253 e. The Kier molecular flexibility index (Phi) is 6.32. The monoisotopic (exact) mass is 266 g/mol. The van der Waals surface area contributed by atoms with Crippen LogP contribution in [0.1, 0.15) is 18.9 Å². The van der Waals surface area contributed by atoms with Gasteiger partial charge in [-0.2, -0.15) is 0 Å². The van der Waals surface area contributed by atoms with Gasteiger partial charge in [-0.1, -0.05) is 6.07 Å². The van der Waals surface area contributed by atoms with Gasteiger partial charge in [-0.25, -0.2) is 0 Å². The Morgan fingerprint density at radius 2 is 2.16 bits per heavy atom. The van der Waals surface area contributed by atoms with E-state index in [4.69, 9.17) is 15.2 Å². The second-order valence-corrected chi connectivity index (χ2v) is 4.37. The highest BCUT2D eigenvalue weighted by Crippen LogP contribution is 2.20. The quantitative estimate of drug-likeness (QED) is 0.584. The van der Waals surface area contributed by atoms with Crippen LogP contribution in [0.4, 0.5) is 11.4 Å². The van der Waals surface area contributed by atoms with Crippen LogP contribution in [-0.4, -0.2) is 32.3 Å². The largest absolute Gasteiger partial charge is 0.398 e. The fraction of sp³-hybridized carbons (Fsp3) is 0.500. The van der Waals surface area contributed by atoms with Gasteiger partial charge >= 0.3 is 0 Å². The van der Waals surface area contributed by atoms with Crippen molar-refractivity contribution in [3.05, 3.63) is 23.8 Å². The van der Waals surface area contributed by atoms with Crippen LogP contribution in [0.5, 0.6) is 0 Å². The number of hydrogen-bond donors (Lipinski definition) is 2. The summed E-state index contributed by atoms with van der Waals surface area (Å²) in [6.45, 7) is 4.72. The summed E-state index contributed by atoms with van der Waals surface area (Å²) < 4.78 is 10.3. The maximum atomic E-state index is 11.9. The Labute approximate surface area is 114 Å². The van der Waals surface area contributed by atoms with E-state index in [1.165, 1.54) is 0 Å². The van der Waals surface area contributed by atoms with Crippen LogP contribution >= 0.6 is 0 Å². The zero-order chi connectivity index (χ0) is 14.3. The fourth-order valence-corrected chi connectivity index (χ4v) is 1.56. The molecule has 0 heterocycles. The van der Waals surface area contributed by atoms with Gasteiger partial charge in [0.15, 0.2) is 0 Å². The minimum absolute atomic E-state index is 0.175. The summed E-state index contributed by atoms with van der Waals surface area (Å²) in [5, 5.41) is 2.82. The van der Waals surface area contributed by atoms with Crippen molar-refractivity contribution in [1.82, 2.24) is 0 Å². The third-order valence-electron chi connectivity index (χ3n) is 2.86. The third kappa shape index (κ3) is 4.89. The van der Waals surface area contributed by atoms with Crippen LogP contribution in [0.15, 0.2) is 18.2 Å². The van der Waals surface area contributed by atoms with Crippen molar-refractivity contribution in [2.45, 2.75) is 26.4 Å². The van der Waals surface area contributed by atoms with Crippen molar-refractivity contribution in [3.8, 4) is 0 Å². The highest BCUT2D eigenvalue weighted by atomic mass is 16.5. The molecule has 1 amide bonds. The normalized spacial score (nSPS) is 12.2. The molecule has 0 saturated heterocycles. The molecular formula is C14H22N2O3. The summed E-state index contributed by atoms with van der Waals surface area (Å²) in [5.74, 6) is -0.175. The number of anilines is 2. The van der Waals surface area contributed by atoms with Gasteiger partial charge in [-0.3, -0.25) is 4.79 Å². The number of carbonyl (C=O) groups is 1. The van der Waals surface area contributed by atoms with Crippen molar-refractivity contribution in [3.63, 3.8) is 0 Å². The van der Waals surface area contributed by atoms with Crippen LogP contribution in [0.3, 0.4) is 0 Å². The van der Waals surface area contributed by atoms with Crippen LogP contribution in [0, 0.1) is 6.92 Å². The Morgan fingerprint density at radius 3 is 2.84 bits per heavy atom. The predicted octanol–water partition coefficient (Wildman–Crippen LogP) is 1.96. The zero-order valence-electron chi connectivity index (χ0n) is 11.7. The molecule has 0 radical (unpaired) electrons. The Morgan fingerprint density at radius 1 is 1.42 bits per heavy atom. The lowest BCUT2D eigenvalue weighted by Crippen LogP contribution is -2.28. The predicted molar refractivity (Wildman–Crippen MR) is 76.1 cm³/mol. The number of nitrogens with two attached hydrogens (primary N) is 1. The standard InChI is InChI=1S/C14H22N2O3/c1-10-12(15)6-4-7-13(10)16-14(17)11(2)19-9-5-8-18-3/h4,6-7,11H,5,8-9,15H2,1-3H3,(H,16,17). The summed E-state index contributed by atoms with van der Waals surface area (Å²) in [6, 6.07) is 5.43. The molecule has 0 aliphatic rings. The maximum absolute atomic E-state index is 11.9. The first-order valence-corrected chi connectivity index (χ1v) is 6.32. The highest BCUT2D eigenvalue weighted by molar-refractivity contribution is 5.95. The molecular weight excluding hydrogens is 244 g/mol. The SMILES string of the molecule is COCCCOC(C)C(=O)Nc1cccc(N)c1C. The van der Waals surface area contributed by atoms with Gasteiger partial charge in [0.25, 0.3) is 5.91 Å². The number of benzene rings is 1. The minimum Gasteiger partial charge on any atom is -0.398 e. The van der Waals surface area contributed by atoms with E-state index in [1.807, 2.05) is 19.1 Å². The van der Waals surface area contributed by atoms with Crippen LogP contribution in [0.2, 0.25) is 0 Å². The van der Waals surface area contributed by atoms with E-state index in [0.717, 1.165) is 17.7 Å². The summed E-state index contributed by atoms with van der Waals surface area (Å²) in [6.07, 6.45) is 0.267. The number of nitrogens with one attached hydrogen (secondary N) is 1. The number of hydrogen-bond acceptors (Lipinski definition) is 4. The molecule has 0 bridgehead atoms. The summed E-state index contributed by atoms with van der Waals surface area (Å²) in [4.78, 5) is 11.9. The highest BCUT2D eigenvalue weighted by Gasteiger charge is 2.14.